The van der Waals surface area contributed by atoms with E-state index < -0.39 is 11.6 Å². The predicted molar refractivity (Wildman–Crippen MR) is 77.5 cm³/mol. The topological polar surface area (TPSA) is 21.3 Å². The molecule has 0 aliphatic carbocycles. The maximum Gasteiger partial charge on any atom is 0.126 e. The zero-order valence-electron chi connectivity index (χ0n) is 11.8. The average molecular weight is 289 g/mol. The minimum atomic E-state index is -0.563. The molecule has 110 valence electrons. The Kier molecular flexibility index (Phi) is 3.88. The Morgan fingerprint density at radius 1 is 1.05 bits per heavy atom. The second kappa shape index (κ2) is 5.82. The maximum atomic E-state index is 13.4. The predicted octanol–water partition coefficient (Wildman–Crippen LogP) is 3.60. The average Bonchev–Trinajstić information content (AvgIpc) is 2.47. The quantitative estimate of drug-likeness (QED) is 0.932. The van der Waals surface area contributed by atoms with Crippen LogP contribution < -0.4 is 10.1 Å². The lowest BCUT2D eigenvalue weighted by Crippen LogP contribution is -2.19. The number of fused-ring (bicyclic) bond motifs is 1. The molecule has 1 unspecified atom stereocenters. The van der Waals surface area contributed by atoms with E-state index in [9.17, 15) is 8.78 Å². The molecule has 2 nitrogen and oxygen atoms in total. The maximum absolute atomic E-state index is 13.4. The van der Waals surface area contributed by atoms with Crippen molar-refractivity contribution in [2.24, 2.45) is 0 Å². The van der Waals surface area contributed by atoms with E-state index in [0.29, 0.717) is 5.56 Å². The molecule has 0 spiro atoms. The van der Waals surface area contributed by atoms with Crippen molar-refractivity contribution in [1.82, 2.24) is 5.32 Å². The Balaban J connectivity index is 1.99. The van der Waals surface area contributed by atoms with Gasteiger partial charge in [-0.2, -0.15) is 0 Å². The van der Waals surface area contributed by atoms with E-state index in [-0.39, 0.29) is 6.04 Å². The summed E-state index contributed by atoms with van der Waals surface area (Å²) in [7, 11) is 1.78. The van der Waals surface area contributed by atoms with Gasteiger partial charge in [0.15, 0.2) is 0 Å². The number of ether oxygens (including phenoxy) is 1. The van der Waals surface area contributed by atoms with Crippen LogP contribution in [-0.4, -0.2) is 13.7 Å². The van der Waals surface area contributed by atoms with Crippen molar-refractivity contribution in [3.05, 3.63) is 64.7 Å². The van der Waals surface area contributed by atoms with Crippen LogP contribution in [-0.2, 0) is 6.42 Å². The summed E-state index contributed by atoms with van der Waals surface area (Å²) in [6.45, 7) is 0.747. The molecule has 0 radical (unpaired) electrons. The Labute approximate surface area is 122 Å². The fraction of sp³-hybridized carbons (Fsp3) is 0.294. The van der Waals surface area contributed by atoms with Crippen LogP contribution in [0.4, 0.5) is 8.78 Å². The molecule has 2 aromatic rings. The summed E-state index contributed by atoms with van der Waals surface area (Å²) in [5.74, 6) is -0.219. The van der Waals surface area contributed by atoms with Crippen molar-refractivity contribution < 1.29 is 13.5 Å². The molecule has 2 aromatic carbocycles. The first-order valence-corrected chi connectivity index (χ1v) is 7.06. The second-order valence-electron chi connectivity index (χ2n) is 5.24. The van der Waals surface area contributed by atoms with Crippen LogP contribution in [0.1, 0.15) is 29.2 Å². The van der Waals surface area contributed by atoms with Gasteiger partial charge in [0.1, 0.15) is 17.4 Å². The molecule has 1 heterocycles. The van der Waals surface area contributed by atoms with Crippen LogP contribution in [0.15, 0.2) is 36.4 Å². The molecule has 1 aliphatic rings. The van der Waals surface area contributed by atoms with Gasteiger partial charge < -0.3 is 10.1 Å². The molecule has 0 fully saturated rings. The van der Waals surface area contributed by atoms with Crippen LogP contribution in [0, 0.1) is 11.6 Å². The van der Waals surface area contributed by atoms with E-state index in [4.69, 9.17) is 4.74 Å². The molecule has 4 heteroatoms. The first kappa shape index (κ1) is 14.0. The van der Waals surface area contributed by atoms with Crippen LogP contribution in [0.5, 0.6) is 5.75 Å². The van der Waals surface area contributed by atoms with Gasteiger partial charge in [0.25, 0.3) is 0 Å². The van der Waals surface area contributed by atoms with E-state index in [1.54, 1.807) is 7.05 Å². The van der Waals surface area contributed by atoms with Gasteiger partial charge in [-0.3, -0.25) is 0 Å². The summed E-state index contributed by atoms with van der Waals surface area (Å²) >= 11 is 0. The van der Waals surface area contributed by atoms with Crippen molar-refractivity contribution >= 4 is 0 Å². The first-order valence-electron chi connectivity index (χ1n) is 7.06. The van der Waals surface area contributed by atoms with E-state index in [2.05, 4.69) is 11.4 Å². The number of benzene rings is 2. The Morgan fingerprint density at radius 2 is 1.81 bits per heavy atom. The molecule has 1 atom stereocenters. The lowest BCUT2D eigenvalue weighted by Gasteiger charge is -2.22. The standard InChI is InChI=1S/C17H17F2NO/c1-20-17(13-8-14(18)10-15(19)9-13)12-4-5-16-11(7-12)3-2-6-21-16/h4-5,7-10,17,20H,2-3,6H2,1H3. The molecule has 0 bridgehead atoms. The van der Waals surface area contributed by atoms with E-state index >= 15 is 0 Å². The lowest BCUT2D eigenvalue weighted by molar-refractivity contribution is 0.288. The van der Waals surface area contributed by atoms with Crippen molar-refractivity contribution in [1.29, 1.82) is 0 Å². The summed E-state index contributed by atoms with van der Waals surface area (Å²) in [6, 6.07) is 9.29. The van der Waals surface area contributed by atoms with Crippen LogP contribution in [0.25, 0.3) is 0 Å². The number of rotatable bonds is 3. The Bertz CT molecular complexity index is 637. The Hall–Kier alpha value is -1.94. The van der Waals surface area contributed by atoms with Gasteiger partial charge >= 0.3 is 0 Å². The highest BCUT2D eigenvalue weighted by molar-refractivity contribution is 5.42. The van der Waals surface area contributed by atoms with Gasteiger partial charge in [0.05, 0.1) is 12.6 Å². The minimum absolute atomic E-state index is 0.248. The van der Waals surface area contributed by atoms with E-state index in [1.165, 1.54) is 12.1 Å². The Morgan fingerprint density at radius 3 is 2.52 bits per heavy atom. The molecule has 1 N–H and O–H groups in total. The normalized spacial score (nSPS) is 15.2. The first-order chi connectivity index (χ1) is 10.2. The highest BCUT2D eigenvalue weighted by atomic mass is 19.1. The van der Waals surface area contributed by atoms with Gasteiger partial charge in [0.2, 0.25) is 0 Å². The number of nitrogens with one attached hydrogen (secondary N) is 1. The fourth-order valence-corrected chi connectivity index (χ4v) is 2.83. The zero-order chi connectivity index (χ0) is 14.8. The van der Waals surface area contributed by atoms with Gasteiger partial charge in [-0.25, -0.2) is 8.78 Å². The zero-order valence-corrected chi connectivity index (χ0v) is 11.8. The van der Waals surface area contributed by atoms with Crippen molar-refractivity contribution in [3.8, 4) is 5.75 Å². The number of halogens is 2. The van der Waals surface area contributed by atoms with Gasteiger partial charge in [-0.15, -0.1) is 0 Å². The third-order valence-electron chi connectivity index (χ3n) is 3.77. The molecule has 1 aliphatic heterocycles. The molecular weight excluding hydrogens is 272 g/mol. The minimum Gasteiger partial charge on any atom is -0.493 e. The molecule has 21 heavy (non-hydrogen) atoms. The summed E-state index contributed by atoms with van der Waals surface area (Å²) in [4.78, 5) is 0. The largest absolute Gasteiger partial charge is 0.493 e. The van der Waals surface area contributed by atoms with Crippen molar-refractivity contribution in [3.63, 3.8) is 0 Å². The van der Waals surface area contributed by atoms with Crippen molar-refractivity contribution in [2.45, 2.75) is 18.9 Å². The third kappa shape index (κ3) is 2.90. The highest BCUT2D eigenvalue weighted by Gasteiger charge is 2.17. The molecule has 0 saturated heterocycles. The van der Waals surface area contributed by atoms with Gasteiger partial charge in [-0.05, 0) is 54.8 Å². The van der Waals surface area contributed by atoms with E-state index in [0.717, 1.165) is 42.4 Å². The molecule has 0 aromatic heterocycles. The number of aryl methyl sites for hydroxylation is 1. The van der Waals surface area contributed by atoms with Crippen LogP contribution >= 0.6 is 0 Å². The summed E-state index contributed by atoms with van der Waals surface area (Å²) in [6.07, 6.45) is 1.96. The number of hydrogen-bond acceptors (Lipinski definition) is 2. The smallest absolute Gasteiger partial charge is 0.126 e. The van der Waals surface area contributed by atoms with Gasteiger partial charge in [-0.1, -0.05) is 12.1 Å². The molecule has 0 saturated carbocycles. The molecule has 3 rings (SSSR count). The third-order valence-corrected chi connectivity index (χ3v) is 3.77. The van der Waals surface area contributed by atoms with Crippen LogP contribution in [0.3, 0.4) is 0 Å². The van der Waals surface area contributed by atoms with Gasteiger partial charge in [0, 0.05) is 6.07 Å². The summed E-state index contributed by atoms with van der Waals surface area (Å²) < 4.78 is 32.4. The molecule has 0 amide bonds. The summed E-state index contributed by atoms with van der Waals surface area (Å²) in [5, 5.41) is 3.12. The second-order valence-corrected chi connectivity index (χ2v) is 5.24. The SMILES string of the molecule is CNC(c1cc(F)cc(F)c1)c1ccc2c(c1)CCCO2. The fourth-order valence-electron chi connectivity index (χ4n) is 2.83. The van der Waals surface area contributed by atoms with E-state index in [1.807, 2.05) is 12.1 Å². The number of hydrogen-bond donors (Lipinski definition) is 1. The summed E-state index contributed by atoms with van der Waals surface area (Å²) in [5.41, 5.74) is 2.70. The van der Waals surface area contributed by atoms with Crippen LogP contribution in [0.2, 0.25) is 0 Å². The van der Waals surface area contributed by atoms with Crippen molar-refractivity contribution in [2.75, 3.05) is 13.7 Å². The highest BCUT2D eigenvalue weighted by Crippen LogP contribution is 2.30. The monoisotopic (exact) mass is 289 g/mol. The molecular formula is C17H17F2NO. The lowest BCUT2D eigenvalue weighted by atomic mass is 9.95.